The van der Waals surface area contributed by atoms with E-state index < -0.39 is 0 Å². The highest BCUT2D eigenvalue weighted by Gasteiger charge is 2.27. The van der Waals surface area contributed by atoms with Gasteiger partial charge in [0.2, 0.25) is 0 Å². The van der Waals surface area contributed by atoms with Crippen LogP contribution in [-0.2, 0) is 6.42 Å². The van der Waals surface area contributed by atoms with Crippen molar-refractivity contribution in [3.63, 3.8) is 0 Å². The van der Waals surface area contributed by atoms with E-state index in [9.17, 15) is 4.79 Å². The van der Waals surface area contributed by atoms with Crippen LogP contribution in [0.5, 0.6) is 0 Å². The summed E-state index contributed by atoms with van der Waals surface area (Å²) in [4.78, 5) is 25.2. The molecule has 0 aromatic carbocycles. The summed E-state index contributed by atoms with van der Waals surface area (Å²) in [7, 11) is 3.86. The van der Waals surface area contributed by atoms with Gasteiger partial charge in [0.25, 0.3) is 0 Å². The number of nitrogens with one attached hydrogen (secondary N) is 1. The van der Waals surface area contributed by atoms with Gasteiger partial charge in [-0.25, -0.2) is 14.8 Å². The number of urea groups is 1. The Morgan fingerprint density at radius 1 is 1.46 bits per heavy atom. The summed E-state index contributed by atoms with van der Waals surface area (Å²) in [6.45, 7) is 3.52. The number of hydrogen-bond donors (Lipinski definition) is 1. The van der Waals surface area contributed by atoms with Crippen molar-refractivity contribution in [2.24, 2.45) is 5.92 Å². The minimum atomic E-state index is -0.0506. The van der Waals surface area contributed by atoms with E-state index in [-0.39, 0.29) is 6.03 Å². The number of thiazole rings is 1. The van der Waals surface area contributed by atoms with Crippen LogP contribution in [0.25, 0.3) is 0 Å². The van der Waals surface area contributed by atoms with Crippen LogP contribution in [0.1, 0.15) is 17.1 Å². The third kappa shape index (κ3) is 3.84. The first-order valence-electron chi connectivity index (χ1n) is 8.12. The Balaban J connectivity index is 1.62. The first kappa shape index (κ1) is 16.7. The van der Waals surface area contributed by atoms with Crippen LogP contribution in [0, 0.1) is 12.8 Å². The molecule has 24 heavy (non-hydrogen) atoms. The number of aromatic nitrogens is 2. The maximum absolute atomic E-state index is 12.6. The van der Waals surface area contributed by atoms with Crippen LogP contribution < -0.4 is 10.2 Å². The number of amides is 2. The van der Waals surface area contributed by atoms with E-state index in [0.717, 1.165) is 48.1 Å². The lowest BCUT2D eigenvalue weighted by atomic mass is 10.1. The summed E-state index contributed by atoms with van der Waals surface area (Å²) in [6, 6.07) is 3.78. The molecule has 1 fully saturated rings. The van der Waals surface area contributed by atoms with Crippen molar-refractivity contribution in [3.05, 3.63) is 34.4 Å². The molecule has 3 heterocycles. The first-order chi connectivity index (χ1) is 11.5. The Hall–Kier alpha value is -2.15. The van der Waals surface area contributed by atoms with Gasteiger partial charge in [0.15, 0.2) is 5.82 Å². The molecule has 128 valence electrons. The summed E-state index contributed by atoms with van der Waals surface area (Å²) in [5, 5.41) is 6.16. The van der Waals surface area contributed by atoms with Crippen LogP contribution in [0.4, 0.5) is 16.3 Å². The quantitative estimate of drug-likeness (QED) is 0.925. The minimum absolute atomic E-state index is 0.0506. The molecule has 2 aromatic rings. The SMILES string of the molecule is Cc1ccc(NC(=O)N2CCC(Cc3nccs3)C2)c(N(C)C)n1. The zero-order valence-electron chi connectivity index (χ0n) is 14.3. The van der Waals surface area contributed by atoms with Gasteiger partial charge in [0, 0.05) is 50.9 Å². The van der Waals surface area contributed by atoms with Gasteiger partial charge in [-0.1, -0.05) is 0 Å². The third-order valence-corrected chi connectivity index (χ3v) is 5.00. The Bertz CT molecular complexity index is 701. The number of anilines is 2. The highest BCUT2D eigenvalue weighted by Crippen LogP contribution is 2.25. The molecule has 0 radical (unpaired) electrons. The molecule has 3 rings (SSSR count). The molecule has 0 spiro atoms. The Labute approximate surface area is 146 Å². The Morgan fingerprint density at radius 2 is 2.29 bits per heavy atom. The van der Waals surface area contributed by atoms with Crippen molar-refractivity contribution < 1.29 is 4.79 Å². The molecule has 0 saturated carbocycles. The fraction of sp³-hybridized carbons (Fsp3) is 0.471. The van der Waals surface area contributed by atoms with E-state index >= 15 is 0 Å². The lowest BCUT2D eigenvalue weighted by Crippen LogP contribution is -2.33. The summed E-state index contributed by atoms with van der Waals surface area (Å²) >= 11 is 1.68. The molecule has 1 N–H and O–H groups in total. The highest BCUT2D eigenvalue weighted by atomic mass is 32.1. The molecule has 1 aliphatic rings. The molecular formula is C17H23N5OS. The highest BCUT2D eigenvalue weighted by molar-refractivity contribution is 7.09. The van der Waals surface area contributed by atoms with Gasteiger partial charge < -0.3 is 15.1 Å². The van der Waals surface area contributed by atoms with Crippen LogP contribution in [0.2, 0.25) is 0 Å². The molecular weight excluding hydrogens is 322 g/mol. The van der Waals surface area contributed by atoms with E-state index in [1.54, 1.807) is 11.3 Å². The van der Waals surface area contributed by atoms with Crippen LogP contribution >= 0.6 is 11.3 Å². The molecule has 2 amide bonds. The van der Waals surface area contributed by atoms with Crippen molar-refractivity contribution in [3.8, 4) is 0 Å². The first-order valence-corrected chi connectivity index (χ1v) is 9.00. The fourth-order valence-corrected chi connectivity index (χ4v) is 3.69. The molecule has 0 bridgehead atoms. The van der Waals surface area contributed by atoms with Gasteiger partial charge in [-0.3, -0.25) is 0 Å². The van der Waals surface area contributed by atoms with Gasteiger partial charge in [-0.05, 0) is 31.4 Å². The molecule has 1 saturated heterocycles. The van der Waals surface area contributed by atoms with Gasteiger partial charge in [0.1, 0.15) is 0 Å². The molecule has 6 nitrogen and oxygen atoms in total. The van der Waals surface area contributed by atoms with Crippen molar-refractivity contribution in [2.75, 3.05) is 37.4 Å². The van der Waals surface area contributed by atoms with Crippen molar-refractivity contribution in [1.29, 1.82) is 0 Å². The second kappa shape index (κ2) is 7.17. The minimum Gasteiger partial charge on any atom is -0.361 e. The lowest BCUT2D eigenvalue weighted by Gasteiger charge is -2.21. The molecule has 7 heteroatoms. The monoisotopic (exact) mass is 345 g/mol. The average Bonchev–Trinajstić information content (AvgIpc) is 3.21. The Kier molecular flexibility index (Phi) is 4.99. The fourth-order valence-electron chi connectivity index (χ4n) is 2.96. The number of carbonyl (C=O) groups excluding carboxylic acids is 1. The average molecular weight is 345 g/mol. The zero-order chi connectivity index (χ0) is 17.1. The molecule has 1 atom stereocenters. The molecule has 1 aliphatic heterocycles. The van der Waals surface area contributed by atoms with Crippen molar-refractivity contribution in [1.82, 2.24) is 14.9 Å². The van der Waals surface area contributed by atoms with Crippen molar-refractivity contribution in [2.45, 2.75) is 19.8 Å². The number of carbonyl (C=O) groups is 1. The van der Waals surface area contributed by atoms with E-state index in [4.69, 9.17) is 0 Å². The second-order valence-corrected chi connectivity index (χ2v) is 7.36. The normalized spacial score (nSPS) is 17.1. The van der Waals surface area contributed by atoms with Gasteiger partial charge >= 0.3 is 6.03 Å². The predicted octanol–water partition coefficient (Wildman–Crippen LogP) is 3.01. The summed E-state index contributed by atoms with van der Waals surface area (Å²) in [5.74, 6) is 1.27. The van der Waals surface area contributed by atoms with E-state index in [1.165, 1.54) is 0 Å². The van der Waals surface area contributed by atoms with Crippen molar-refractivity contribution >= 4 is 28.9 Å². The van der Waals surface area contributed by atoms with Gasteiger partial charge in [0.05, 0.1) is 10.7 Å². The topological polar surface area (TPSA) is 61.4 Å². The maximum atomic E-state index is 12.6. The number of likely N-dealkylation sites (tertiary alicyclic amines) is 1. The van der Waals surface area contributed by atoms with Crippen LogP contribution in [0.3, 0.4) is 0 Å². The largest absolute Gasteiger partial charge is 0.361 e. The van der Waals surface area contributed by atoms with Gasteiger partial charge in [-0.2, -0.15) is 0 Å². The number of aryl methyl sites for hydroxylation is 1. The molecule has 0 aliphatic carbocycles. The number of hydrogen-bond acceptors (Lipinski definition) is 5. The summed E-state index contributed by atoms with van der Waals surface area (Å²) in [5.41, 5.74) is 1.68. The van der Waals surface area contributed by atoms with Crippen LogP contribution in [0.15, 0.2) is 23.7 Å². The van der Waals surface area contributed by atoms with E-state index in [1.807, 2.05) is 54.5 Å². The summed E-state index contributed by atoms with van der Waals surface area (Å²) < 4.78 is 0. The number of pyridine rings is 1. The smallest absolute Gasteiger partial charge is 0.321 e. The predicted molar refractivity (Wildman–Crippen MR) is 97.8 cm³/mol. The van der Waals surface area contributed by atoms with E-state index in [2.05, 4.69) is 15.3 Å². The Morgan fingerprint density at radius 3 is 3.00 bits per heavy atom. The molecule has 2 aromatic heterocycles. The number of nitrogens with zero attached hydrogens (tertiary/aromatic N) is 4. The lowest BCUT2D eigenvalue weighted by molar-refractivity contribution is 0.221. The zero-order valence-corrected chi connectivity index (χ0v) is 15.1. The van der Waals surface area contributed by atoms with Crippen LogP contribution in [-0.4, -0.2) is 48.1 Å². The number of rotatable bonds is 4. The maximum Gasteiger partial charge on any atom is 0.321 e. The second-order valence-electron chi connectivity index (χ2n) is 6.38. The standard InChI is InChI=1S/C17H23N5OS/c1-12-4-5-14(16(19-12)21(2)3)20-17(23)22-8-6-13(11-22)10-15-18-7-9-24-15/h4-5,7,9,13H,6,8,10-11H2,1-3H3,(H,20,23). The van der Waals surface area contributed by atoms with Gasteiger partial charge in [-0.15, -0.1) is 11.3 Å². The third-order valence-electron chi connectivity index (χ3n) is 4.20. The molecule has 1 unspecified atom stereocenters. The van der Waals surface area contributed by atoms with E-state index in [0.29, 0.717) is 5.92 Å². The summed E-state index contributed by atoms with van der Waals surface area (Å²) in [6.07, 6.45) is 3.82.